The first kappa shape index (κ1) is 14.5. The van der Waals surface area contributed by atoms with Crippen LogP contribution in [0.2, 0.25) is 5.02 Å². The van der Waals surface area contributed by atoms with Gasteiger partial charge in [0.25, 0.3) is 0 Å². The summed E-state index contributed by atoms with van der Waals surface area (Å²) in [5.74, 6) is 0.662. The second-order valence-electron chi connectivity index (χ2n) is 3.75. The molecule has 0 amide bonds. The van der Waals surface area contributed by atoms with Gasteiger partial charge in [-0.25, -0.2) is 4.98 Å². The molecular formula is C12H9BrClN3O3. The fourth-order valence-corrected chi connectivity index (χ4v) is 2.12. The molecule has 0 atom stereocenters. The molecule has 0 radical (unpaired) electrons. The standard InChI is InChI=1S/C12H9BrClN3O3/c1-20-11-3-2-8(5-9(11)14)16-12-10(17(18)19)4-7(13)6-15-12/h2-6H,1H3,(H,15,16). The lowest BCUT2D eigenvalue weighted by atomic mass is 10.3. The normalized spacial score (nSPS) is 10.2. The molecule has 0 aliphatic carbocycles. The minimum atomic E-state index is -0.509. The van der Waals surface area contributed by atoms with E-state index in [0.717, 1.165) is 0 Å². The number of hydrogen-bond acceptors (Lipinski definition) is 5. The highest BCUT2D eigenvalue weighted by Gasteiger charge is 2.16. The average molecular weight is 359 g/mol. The number of anilines is 2. The van der Waals surface area contributed by atoms with Crippen LogP contribution in [0.3, 0.4) is 0 Å². The van der Waals surface area contributed by atoms with Crippen LogP contribution in [0.5, 0.6) is 5.75 Å². The van der Waals surface area contributed by atoms with E-state index >= 15 is 0 Å². The predicted molar refractivity (Wildman–Crippen MR) is 79.9 cm³/mol. The van der Waals surface area contributed by atoms with E-state index in [4.69, 9.17) is 16.3 Å². The fourth-order valence-electron chi connectivity index (χ4n) is 1.54. The number of aromatic nitrogens is 1. The number of nitro groups is 1. The van der Waals surface area contributed by atoms with Crippen LogP contribution in [0, 0.1) is 10.1 Å². The number of pyridine rings is 1. The van der Waals surface area contributed by atoms with Gasteiger partial charge in [-0.3, -0.25) is 10.1 Å². The smallest absolute Gasteiger partial charge is 0.312 e. The Balaban J connectivity index is 2.35. The topological polar surface area (TPSA) is 77.3 Å². The van der Waals surface area contributed by atoms with Gasteiger partial charge in [-0.05, 0) is 34.1 Å². The molecule has 0 bridgehead atoms. The van der Waals surface area contributed by atoms with Gasteiger partial charge in [0.15, 0.2) is 0 Å². The van der Waals surface area contributed by atoms with Crippen molar-refractivity contribution in [3.05, 3.63) is 50.1 Å². The van der Waals surface area contributed by atoms with Crippen LogP contribution >= 0.6 is 27.5 Å². The van der Waals surface area contributed by atoms with Gasteiger partial charge in [-0.1, -0.05) is 11.6 Å². The third kappa shape index (κ3) is 3.17. The van der Waals surface area contributed by atoms with Crippen molar-refractivity contribution in [2.75, 3.05) is 12.4 Å². The lowest BCUT2D eigenvalue weighted by Gasteiger charge is -2.08. The van der Waals surface area contributed by atoms with E-state index in [9.17, 15) is 10.1 Å². The average Bonchev–Trinajstić information content (AvgIpc) is 2.41. The molecule has 8 heteroatoms. The van der Waals surface area contributed by atoms with Crippen molar-refractivity contribution in [3.8, 4) is 5.75 Å². The number of hydrogen-bond donors (Lipinski definition) is 1. The number of rotatable bonds is 4. The van der Waals surface area contributed by atoms with E-state index in [1.165, 1.54) is 19.4 Å². The van der Waals surface area contributed by atoms with Crippen LogP contribution in [-0.4, -0.2) is 17.0 Å². The van der Waals surface area contributed by atoms with Crippen LogP contribution in [0.15, 0.2) is 34.9 Å². The van der Waals surface area contributed by atoms with Gasteiger partial charge in [0.1, 0.15) is 5.75 Å². The summed E-state index contributed by atoms with van der Waals surface area (Å²) in [6, 6.07) is 6.34. The molecule has 2 rings (SSSR count). The van der Waals surface area contributed by atoms with Crippen LogP contribution in [-0.2, 0) is 0 Å². The van der Waals surface area contributed by atoms with Crippen molar-refractivity contribution < 1.29 is 9.66 Å². The molecule has 0 saturated heterocycles. The van der Waals surface area contributed by atoms with Crippen molar-refractivity contribution in [2.24, 2.45) is 0 Å². The zero-order valence-corrected chi connectivity index (χ0v) is 12.6. The summed E-state index contributed by atoms with van der Waals surface area (Å²) < 4.78 is 5.57. The Bertz CT molecular complexity index is 666. The Morgan fingerprint density at radius 2 is 2.20 bits per heavy atom. The molecule has 1 heterocycles. The van der Waals surface area contributed by atoms with Gasteiger partial charge >= 0.3 is 5.69 Å². The van der Waals surface area contributed by atoms with Crippen LogP contribution in [0.1, 0.15) is 0 Å². The summed E-state index contributed by atoms with van der Waals surface area (Å²) >= 11 is 9.14. The molecule has 1 aromatic carbocycles. The number of nitrogens with zero attached hydrogens (tertiary/aromatic N) is 2. The quantitative estimate of drug-likeness (QED) is 0.656. The summed E-state index contributed by atoms with van der Waals surface area (Å²) in [5.41, 5.74) is 0.444. The predicted octanol–water partition coefficient (Wildman–Crippen LogP) is 4.16. The van der Waals surface area contributed by atoms with Crippen molar-refractivity contribution in [3.63, 3.8) is 0 Å². The van der Waals surface area contributed by atoms with Gasteiger partial charge in [0, 0.05) is 22.4 Å². The number of nitrogens with one attached hydrogen (secondary N) is 1. The minimum Gasteiger partial charge on any atom is -0.495 e. The molecule has 0 saturated carbocycles. The lowest BCUT2D eigenvalue weighted by Crippen LogP contribution is -1.99. The van der Waals surface area contributed by atoms with Crippen molar-refractivity contribution >= 4 is 44.7 Å². The van der Waals surface area contributed by atoms with Gasteiger partial charge in [0.2, 0.25) is 5.82 Å². The number of halogens is 2. The highest BCUT2D eigenvalue weighted by molar-refractivity contribution is 9.10. The molecule has 0 fully saturated rings. The second-order valence-corrected chi connectivity index (χ2v) is 5.08. The Morgan fingerprint density at radius 3 is 2.80 bits per heavy atom. The zero-order valence-electron chi connectivity index (χ0n) is 10.3. The highest BCUT2D eigenvalue weighted by atomic mass is 79.9. The highest BCUT2D eigenvalue weighted by Crippen LogP contribution is 2.31. The third-order valence-electron chi connectivity index (χ3n) is 2.45. The third-order valence-corrected chi connectivity index (χ3v) is 3.17. The van der Waals surface area contributed by atoms with Gasteiger partial charge < -0.3 is 10.1 Å². The Hall–Kier alpha value is -1.86. The minimum absolute atomic E-state index is 0.133. The number of ether oxygens (including phenoxy) is 1. The fraction of sp³-hybridized carbons (Fsp3) is 0.0833. The maximum atomic E-state index is 11.0. The van der Waals surface area contributed by atoms with E-state index in [1.54, 1.807) is 18.2 Å². The SMILES string of the molecule is COc1ccc(Nc2ncc(Br)cc2[N+](=O)[O-])cc1Cl. The van der Waals surface area contributed by atoms with Gasteiger partial charge in [0.05, 0.1) is 17.1 Å². The van der Waals surface area contributed by atoms with Crippen molar-refractivity contribution in [1.82, 2.24) is 4.98 Å². The summed E-state index contributed by atoms with van der Waals surface area (Å²) in [4.78, 5) is 14.5. The summed E-state index contributed by atoms with van der Waals surface area (Å²) in [5, 5.41) is 14.3. The molecule has 0 spiro atoms. The van der Waals surface area contributed by atoms with Crippen LogP contribution in [0.25, 0.3) is 0 Å². The molecule has 1 aromatic heterocycles. The monoisotopic (exact) mass is 357 g/mol. The molecule has 6 nitrogen and oxygen atoms in total. The number of methoxy groups -OCH3 is 1. The summed E-state index contributed by atoms with van der Waals surface area (Å²) in [6.07, 6.45) is 1.47. The van der Waals surface area contributed by atoms with E-state index < -0.39 is 4.92 Å². The molecule has 20 heavy (non-hydrogen) atoms. The zero-order chi connectivity index (χ0) is 14.7. The van der Waals surface area contributed by atoms with Gasteiger partial charge in [-0.15, -0.1) is 0 Å². The molecule has 0 unspecified atom stereocenters. The molecule has 1 N–H and O–H groups in total. The molecule has 0 aliphatic rings. The van der Waals surface area contributed by atoms with Crippen molar-refractivity contribution in [1.29, 1.82) is 0 Å². The van der Waals surface area contributed by atoms with E-state index in [1.807, 2.05) is 0 Å². The van der Waals surface area contributed by atoms with Gasteiger partial charge in [-0.2, -0.15) is 0 Å². The summed E-state index contributed by atoms with van der Waals surface area (Å²) in [6.45, 7) is 0. The largest absolute Gasteiger partial charge is 0.495 e. The molecular weight excluding hydrogens is 350 g/mol. The second kappa shape index (κ2) is 6.06. The van der Waals surface area contributed by atoms with E-state index in [0.29, 0.717) is 20.9 Å². The maximum Gasteiger partial charge on any atom is 0.312 e. The first-order chi connectivity index (χ1) is 9.51. The van der Waals surface area contributed by atoms with E-state index in [2.05, 4.69) is 26.2 Å². The van der Waals surface area contributed by atoms with Crippen molar-refractivity contribution in [2.45, 2.75) is 0 Å². The number of benzene rings is 1. The lowest BCUT2D eigenvalue weighted by molar-refractivity contribution is -0.384. The molecule has 104 valence electrons. The maximum absolute atomic E-state index is 11.0. The van der Waals surface area contributed by atoms with E-state index in [-0.39, 0.29) is 11.5 Å². The molecule has 2 aromatic rings. The first-order valence-electron chi connectivity index (χ1n) is 5.41. The molecule has 0 aliphatic heterocycles. The Labute approximate surface area is 128 Å². The first-order valence-corrected chi connectivity index (χ1v) is 6.59. The Kier molecular flexibility index (Phi) is 4.41. The summed E-state index contributed by atoms with van der Waals surface area (Å²) in [7, 11) is 1.51. The Morgan fingerprint density at radius 1 is 1.45 bits per heavy atom. The van der Waals surface area contributed by atoms with Crippen LogP contribution < -0.4 is 10.1 Å². The van der Waals surface area contributed by atoms with Crippen LogP contribution in [0.4, 0.5) is 17.2 Å².